The molecule has 29 heavy (non-hydrogen) atoms. The highest BCUT2D eigenvalue weighted by Crippen LogP contribution is 2.33. The summed E-state index contributed by atoms with van der Waals surface area (Å²) < 4.78 is 19.5. The molecule has 0 bridgehead atoms. The third-order valence-electron chi connectivity index (χ3n) is 4.60. The maximum Gasteiger partial charge on any atom is 0.343 e. The highest BCUT2D eigenvalue weighted by molar-refractivity contribution is 5.95. The zero-order valence-electron chi connectivity index (χ0n) is 17.0. The number of esters is 1. The average Bonchev–Trinajstić information content (AvgIpc) is 3.07. The summed E-state index contributed by atoms with van der Waals surface area (Å²) in [4.78, 5) is 29.0. The Morgan fingerprint density at radius 2 is 2.00 bits per heavy atom. The van der Waals surface area contributed by atoms with Crippen molar-refractivity contribution in [3.05, 3.63) is 69.5 Å². The lowest BCUT2D eigenvalue weighted by molar-refractivity contribution is 0.0528. The van der Waals surface area contributed by atoms with Gasteiger partial charge in [-0.3, -0.25) is 9.89 Å². The number of hydrogen-bond donors (Lipinski definition) is 2. The fourth-order valence-corrected chi connectivity index (χ4v) is 3.26. The molecule has 0 fully saturated rings. The number of aromatic nitrogens is 3. The van der Waals surface area contributed by atoms with E-state index < -0.39 is 5.97 Å². The number of fused-ring (bicyclic) bond motifs is 1. The van der Waals surface area contributed by atoms with Crippen LogP contribution in [0.25, 0.3) is 5.65 Å². The Balaban J connectivity index is 1.90. The summed E-state index contributed by atoms with van der Waals surface area (Å²) in [5, 5.41) is 6.14. The molecule has 0 radical (unpaired) electrons. The number of aromatic amines is 1. The average molecular weight is 400 g/mol. The lowest BCUT2D eigenvalue weighted by Crippen LogP contribution is -2.32. The molecule has 0 amide bonds. The van der Waals surface area contributed by atoms with Crippen LogP contribution in [0.1, 0.15) is 55.4 Å². The van der Waals surface area contributed by atoms with Gasteiger partial charge in [-0.1, -0.05) is 32.9 Å². The monoisotopic (exact) mass is 400 g/mol. The quantitative estimate of drug-likeness (QED) is 0.621. The number of rotatable bonds is 6. The van der Waals surface area contributed by atoms with Crippen molar-refractivity contribution in [3.63, 3.8) is 0 Å². The van der Waals surface area contributed by atoms with Crippen molar-refractivity contribution in [2.75, 3.05) is 6.61 Å². The van der Waals surface area contributed by atoms with Crippen molar-refractivity contribution in [2.24, 2.45) is 5.41 Å². The largest absolute Gasteiger partial charge is 0.462 e. The topological polar surface area (TPSA) is 88.5 Å². The van der Waals surface area contributed by atoms with Crippen LogP contribution in [0.3, 0.4) is 0 Å². The van der Waals surface area contributed by atoms with Gasteiger partial charge in [-0.2, -0.15) is 0 Å². The van der Waals surface area contributed by atoms with Gasteiger partial charge >= 0.3 is 5.97 Å². The second-order valence-corrected chi connectivity index (χ2v) is 7.88. The predicted octanol–water partition coefficient (Wildman–Crippen LogP) is 3.22. The molecule has 0 saturated heterocycles. The van der Waals surface area contributed by atoms with E-state index in [0.29, 0.717) is 12.2 Å². The maximum atomic E-state index is 13.3. The normalized spacial score (nSPS) is 12.9. The van der Waals surface area contributed by atoms with Crippen molar-refractivity contribution >= 4 is 11.6 Å². The Morgan fingerprint density at radius 3 is 2.62 bits per heavy atom. The number of carbonyl (C=O) groups excluding carboxylic acids is 1. The van der Waals surface area contributed by atoms with Crippen LogP contribution in [0.4, 0.5) is 4.39 Å². The molecular formula is C21H25FN4O3. The van der Waals surface area contributed by atoms with Crippen LogP contribution in [0, 0.1) is 11.2 Å². The van der Waals surface area contributed by atoms with E-state index in [-0.39, 0.29) is 40.7 Å². The van der Waals surface area contributed by atoms with Gasteiger partial charge in [0.25, 0.3) is 5.56 Å². The van der Waals surface area contributed by atoms with Crippen LogP contribution in [0.2, 0.25) is 0 Å². The van der Waals surface area contributed by atoms with E-state index >= 15 is 0 Å². The summed E-state index contributed by atoms with van der Waals surface area (Å²) in [6, 6.07) is 7.66. The molecule has 0 spiro atoms. The first-order valence-electron chi connectivity index (χ1n) is 9.46. The minimum Gasteiger partial charge on any atom is -0.462 e. The molecule has 0 aliphatic rings. The third kappa shape index (κ3) is 4.54. The summed E-state index contributed by atoms with van der Waals surface area (Å²) in [6.45, 7) is 8.47. The molecule has 0 saturated carbocycles. The zero-order chi connectivity index (χ0) is 21.2. The van der Waals surface area contributed by atoms with Crippen LogP contribution in [0.15, 0.2) is 41.3 Å². The number of H-pyrrole nitrogens is 1. The van der Waals surface area contributed by atoms with E-state index in [4.69, 9.17) is 4.74 Å². The summed E-state index contributed by atoms with van der Waals surface area (Å²) in [6.07, 6.45) is 1.41. The molecular weight excluding hydrogens is 375 g/mol. The van der Waals surface area contributed by atoms with E-state index in [9.17, 15) is 14.0 Å². The van der Waals surface area contributed by atoms with Crippen LogP contribution in [0.5, 0.6) is 0 Å². The predicted molar refractivity (Wildman–Crippen MR) is 107 cm³/mol. The molecule has 7 nitrogen and oxygen atoms in total. The number of nitrogens with one attached hydrogen (secondary N) is 2. The van der Waals surface area contributed by atoms with Crippen molar-refractivity contribution in [2.45, 2.75) is 40.3 Å². The fraction of sp³-hybridized carbons (Fsp3) is 0.381. The van der Waals surface area contributed by atoms with Crippen molar-refractivity contribution < 1.29 is 13.9 Å². The molecule has 1 unspecified atom stereocenters. The highest BCUT2D eigenvalue weighted by atomic mass is 19.1. The highest BCUT2D eigenvalue weighted by Gasteiger charge is 2.26. The summed E-state index contributed by atoms with van der Waals surface area (Å²) >= 11 is 0. The number of ether oxygens (including phenoxy) is 1. The number of halogens is 1. The molecule has 3 aromatic rings. The van der Waals surface area contributed by atoms with Crippen LogP contribution >= 0.6 is 0 Å². The summed E-state index contributed by atoms with van der Waals surface area (Å²) in [5.41, 5.74) is 1.37. The lowest BCUT2D eigenvalue weighted by Gasteiger charge is -2.32. The van der Waals surface area contributed by atoms with Crippen LogP contribution in [-0.2, 0) is 11.3 Å². The van der Waals surface area contributed by atoms with E-state index in [2.05, 4.69) is 36.2 Å². The summed E-state index contributed by atoms with van der Waals surface area (Å²) in [5.74, 6) is -0.831. The Labute approximate surface area is 167 Å². The zero-order valence-corrected chi connectivity index (χ0v) is 17.0. The molecule has 2 aromatic heterocycles. The molecule has 1 atom stereocenters. The SMILES string of the molecule is CCOC(=O)c1c[nH]n2c(=O)cc(CNC(c3ccc(F)cc3)C(C)(C)C)nc12. The standard InChI is InChI=1S/C21H25FN4O3/c1-5-29-20(28)16-12-24-26-17(27)10-15(25-19(16)26)11-23-18(21(2,3)4)13-6-8-14(22)9-7-13/h6-10,12,18,23-24H,5,11H2,1-4H3. The second-order valence-electron chi connectivity index (χ2n) is 7.88. The molecule has 0 aliphatic carbocycles. The fourth-order valence-electron chi connectivity index (χ4n) is 3.26. The minimum absolute atomic E-state index is 0.0981. The van der Waals surface area contributed by atoms with Gasteiger partial charge in [-0.15, -0.1) is 0 Å². The van der Waals surface area contributed by atoms with Gasteiger partial charge in [-0.25, -0.2) is 18.7 Å². The molecule has 154 valence electrons. The van der Waals surface area contributed by atoms with Gasteiger partial charge in [0.15, 0.2) is 5.65 Å². The van der Waals surface area contributed by atoms with Gasteiger partial charge in [0.05, 0.1) is 12.3 Å². The van der Waals surface area contributed by atoms with Gasteiger partial charge < -0.3 is 10.1 Å². The maximum absolute atomic E-state index is 13.3. The molecule has 3 rings (SSSR count). The number of carbonyl (C=O) groups is 1. The second kappa shape index (κ2) is 8.16. The minimum atomic E-state index is -0.540. The molecule has 2 heterocycles. The van der Waals surface area contributed by atoms with Crippen LogP contribution < -0.4 is 10.9 Å². The first kappa shape index (κ1) is 20.7. The molecule has 0 aliphatic heterocycles. The molecule has 2 N–H and O–H groups in total. The van der Waals surface area contributed by atoms with Gasteiger partial charge in [0.1, 0.15) is 11.4 Å². The Hall–Kier alpha value is -3.00. The number of hydrogen-bond acceptors (Lipinski definition) is 5. The summed E-state index contributed by atoms with van der Waals surface area (Å²) in [7, 11) is 0. The molecule has 1 aromatic carbocycles. The lowest BCUT2D eigenvalue weighted by atomic mass is 9.82. The Kier molecular flexibility index (Phi) is 5.83. The van der Waals surface area contributed by atoms with Crippen molar-refractivity contribution in [3.8, 4) is 0 Å². The van der Waals surface area contributed by atoms with Crippen molar-refractivity contribution in [1.29, 1.82) is 0 Å². The van der Waals surface area contributed by atoms with Gasteiger partial charge in [-0.05, 0) is 30.0 Å². The first-order valence-corrected chi connectivity index (χ1v) is 9.46. The van der Waals surface area contributed by atoms with Gasteiger partial charge in [0, 0.05) is 24.8 Å². The van der Waals surface area contributed by atoms with E-state index in [1.807, 2.05) is 0 Å². The molecule has 8 heteroatoms. The van der Waals surface area contributed by atoms with E-state index in [1.165, 1.54) is 28.9 Å². The first-order chi connectivity index (χ1) is 13.7. The van der Waals surface area contributed by atoms with Crippen molar-refractivity contribution in [1.82, 2.24) is 19.9 Å². The number of benzene rings is 1. The Morgan fingerprint density at radius 1 is 1.31 bits per heavy atom. The van der Waals surface area contributed by atoms with Gasteiger partial charge in [0.2, 0.25) is 0 Å². The van der Waals surface area contributed by atoms with Crippen LogP contribution in [-0.4, -0.2) is 27.2 Å². The van der Waals surface area contributed by atoms with E-state index in [0.717, 1.165) is 5.56 Å². The Bertz CT molecular complexity index is 1060. The third-order valence-corrected chi connectivity index (χ3v) is 4.60. The smallest absolute Gasteiger partial charge is 0.343 e. The van der Waals surface area contributed by atoms with E-state index in [1.54, 1.807) is 19.1 Å². The number of nitrogens with zero attached hydrogens (tertiary/aromatic N) is 2.